The molecule has 0 bridgehead atoms. The van der Waals surface area contributed by atoms with Crippen molar-refractivity contribution in [2.45, 2.75) is 0 Å². The van der Waals surface area contributed by atoms with Crippen molar-refractivity contribution in [1.82, 2.24) is 29.3 Å². The molecule has 0 unspecified atom stereocenters. The Labute approximate surface area is 145 Å². The molecule has 1 saturated heterocycles. The summed E-state index contributed by atoms with van der Waals surface area (Å²) >= 11 is 0. The zero-order valence-electron chi connectivity index (χ0n) is 14.4. The molecule has 1 fully saturated rings. The molecule has 0 spiro atoms. The maximum Gasteiger partial charge on any atom is 0.191 e. The summed E-state index contributed by atoms with van der Waals surface area (Å²) in [5.74, 6) is 1.53. The van der Waals surface area contributed by atoms with Crippen LogP contribution in [-0.4, -0.2) is 68.5 Å². The summed E-state index contributed by atoms with van der Waals surface area (Å²) in [6, 6.07) is 2.11. The molecule has 1 aliphatic heterocycles. The summed E-state index contributed by atoms with van der Waals surface area (Å²) in [4.78, 5) is 12.9. The van der Waals surface area contributed by atoms with Crippen LogP contribution in [0.15, 0.2) is 36.0 Å². The summed E-state index contributed by atoms with van der Waals surface area (Å²) in [5, 5.41) is 8.59. The number of aryl methyl sites for hydroxylation is 1. The maximum atomic E-state index is 5.91. The summed E-state index contributed by atoms with van der Waals surface area (Å²) < 4.78 is 3.67. The van der Waals surface area contributed by atoms with Gasteiger partial charge < -0.3 is 15.5 Å². The van der Waals surface area contributed by atoms with Crippen molar-refractivity contribution < 1.29 is 0 Å². The quantitative estimate of drug-likeness (QED) is 0.529. The van der Waals surface area contributed by atoms with Gasteiger partial charge in [-0.25, -0.2) is 9.50 Å². The number of nitrogens with zero attached hydrogens (tertiary/aromatic N) is 8. The Morgan fingerprint density at radius 3 is 2.60 bits per heavy atom. The lowest BCUT2D eigenvalue weighted by Gasteiger charge is -2.35. The van der Waals surface area contributed by atoms with Crippen LogP contribution in [0.5, 0.6) is 0 Å². The predicted octanol–water partition coefficient (Wildman–Crippen LogP) is 0.196. The molecule has 9 heteroatoms. The van der Waals surface area contributed by atoms with E-state index in [9.17, 15) is 0 Å². The van der Waals surface area contributed by atoms with Gasteiger partial charge in [0, 0.05) is 63.8 Å². The van der Waals surface area contributed by atoms with Gasteiger partial charge in [-0.2, -0.15) is 10.2 Å². The molecule has 0 atom stereocenters. The number of guanidine groups is 1. The van der Waals surface area contributed by atoms with Gasteiger partial charge in [0.15, 0.2) is 11.8 Å². The van der Waals surface area contributed by atoms with Crippen molar-refractivity contribution in [3.8, 4) is 11.1 Å². The third-order valence-corrected chi connectivity index (χ3v) is 4.56. The Kier molecular flexibility index (Phi) is 3.75. The zero-order chi connectivity index (χ0) is 17.4. The van der Waals surface area contributed by atoms with Gasteiger partial charge in [-0.1, -0.05) is 0 Å². The molecule has 0 radical (unpaired) electrons. The minimum absolute atomic E-state index is 0.592. The van der Waals surface area contributed by atoms with Crippen LogP contribution in [0, 0.1) is 0 Å². The predicted molar refractivity (Wildman–Crippen MR) is 96.5 cm³/mol. The molecule has 0 aromatic carbocycles. The SMILES string of the molecule is CN=C(N)N1CCN(c2ncnn3cc(-c4cnn(C)c4)cc23)CC1. The van der Waals surface area contributed by atoms with Gasteiger partial charge in [-0.15, -0.1) is 0 Å². The second-order valence-electron chi connectivity index (χ2n) is 6.10. The van der Waals surface area contributed by atoms with Crippen LogP contribution in [-0.2, 0) is 7.05 Å². The Morgan fingerprint density at radius 1 is 1.12 bits per heavy atom. The summed E-state index contributed by atoms with van der Waals surface area (Å²) in [6.07, 6.45) is 7.46. The van der Waals surface area contributed by atoms with Gasteiger partial charge in [0.1, 0.15) is 11.8 Å². The molecule has 130 valence electrons. The van der Waals surface area contributed by atoms with E-state index in [0.29, 0.717) is 5.96 Å². The molecule has 3 aromatic heterocycles. The average Bonchev–Trinajstić information content (AvgIpc) is 3.26. The molecule has 0 saturated carbocycles. The van der Waals surface area contributed by atoms with Crippen molar-refractivity contribution in [1.29, 1.82) is 0 Å². The fraction of sp³-hybridized carbons (Fsp3) is 0.375. The first-order chi connectivity index (χ1) is 12.2. The number of nitrogens with two attached hydrogens (primary N) is 1. The fourth-order valence-corrected chi connectivity index (χ4v) is 3.18. The third kappa shape index (κ3) is 2.77. The van der Waals surface area contributed by atoms with E-state index < -0.39 is 0 Å². The Hall–Kier alpha value is -3.10. The topological polar surface area (TPSA) is 92.9 Å². The van der Waals surface area contributed by atoms with Crippen LogP contribution in [0.4, 0.5) is 5.82 Å². The number of fused-ring (bicyclic) bond motifs is 1. The normalized spacial score (nSPS) is 16.0. The largest absolute Gasteiger partial charge is 0.370 e. The van der Waals surface area contributed by atoms with Crippen LogP contribution < -0.4 is 10.6 Å². The number of aromatic nitrogens is 5. The zero-order valence-corrected chi connectivity index (χ0v) is 14.4. The van der Waals surface area contributed by atoms with Gasteiger partial charge >= 0.3 is 0 Å². The van der Waals surface area contributed by atoms with E-state index >= 15 is 0 Å². The van der Waals surface area contributed by atoms with Crippen LogP contribution in [0.1, 0.15) is 0 Å². The average molecular weight is 339 g/mol. The van der Waals surface area contributed by atoms with E-state index in [1.54, 1.807) is 18.1 Å². The number of hydrogen-bond acceptors (Lipinski definition) is 5. The van der Waals surface area contributed by atoms with E-state index in [-0.39, 0.29) is 0 Å². The van der Waals surface area contributed by atoms with Crippen molar-refractivity contribution >= 4 is 17.3 Å². The van der Waals surface area contributed by atoms with Crippen LogP contribution in [0.25, 0.3) is 16.6 Å². The number of anilines is 1. The first-order valence-electron chi connectivity index (χ1n) is 8.20. The van der Waals surface area contributed by atoms with Crippen molar-refractivity contribution in [3.63, 3.8) is 0 Å². The highest BCUT2D eigenvalue weighted by Crippen LogP contribution is 2.26. The standard InChI is InChI=1S/C16H21N9/c1-18-16(17)24-5-3-23(4-6-24)15-14-7-12(10-25(14)21-11-19-15)13-8-20-22(2)9-13/h7-11H,3-6H2,1-2H3,(H2,17,18). The first kappa shape index (κ1) is 15.4. The Balaban J connectivity index is 1.63. The molecule has 3 aromatic rings. The highest BCUT2D eigenvalue weighted by molar-refractivity contribution is 5.79. The molecule has 4 rings (SSSR count). The first-order valence-corrected chi connectivity index (χ1v) is 8.20. The monoisotopic (exact) mass is 339 g/mol. The number of hydrogen-bond donors (Lipinski definition) is 1. The smallest absolute Gasteiger partial charge is 0.191 e. The maximum absolute atomic E-state index is 5.91. The van der Waals surface area contributed by atoms with Crippen LogP contribution in [0.2, 0.25) is 0 Å². The summed E-state index contributed by atoms with van der Waals surface area (Å²) in [6.45, 7) is 3.34. The van der Waals surface area contributed by atoms with Gasteiger partial charge in [-0.05, 0) is 6.07 Å². The van der Waals surface area contributed by atoms with Crippen molar-refractivity contribution in [2.24, 2.45) is 17.8 Å². The Morgan fingerprint density at radius 2 is 1.92 bits per heavy atom. The van der Waals surface area contributed by atoms with Gasteiger partial charge in [0.05, 0.1) is 6.20 Å². The molecule has 0 amide bonds. The van der Waals surface area contributed by atoms with Gasteiger partial charge in [0.25, 0.3) is 0 Å². The van der Waals surface area contributed by atoms with E-state index in [1.165, 1.54) is 0 Å². The lowest BCUT2D eigenvalue weighted by atomic mass is 10.2. The van der Waals surface area contributed by atoms with E-state index in [2.05, 4.69) is 36.0 Å². The molecule has 0 aliphatic carbocycles. The molecular weight excluding hydrogens is 318 g/mol. The van der Waals surface area contributed by atoms with Crippen LogP contribution in [0.3, 0.4) is 0 Å². The van der Waals surface area contributed by atoms with Crippen LogP contribution >= 0.6 is 0 Å². The third-order valence-electron chi connectivity index (χ3n) is 4.56. The number of aliphatic imine (C=N–C) groups is 1. The van der Waals surface area contributed by atoms with E-state index in [4.69, 9.17) is 5.73 Å². The summed E-state index contributed by atoms with van der Waals surface area (Å²) in [7, 11) is 3.63. The molecule has 4 heterocycles. The highest BCUT2D eigenvalue weighted by Gasteiger charge is 2.21. The van der Waals surface area contributed by atoms with Crippen molar-refractivity contribution in [3.05, 3.63) is 31.0 Å². The number of piperazine rings is 1. The van der Waals surface area contributed by atoms with E-state index in [0.717, 1.165) is 48.6 Å². The molecule has 1 aliphatic rings. The Bertz CT molecular complexity index is 915. The van der Waals surface area contributed by atoms with Crippen molar-refractivity contribution in [2.75, 3.05) is 38.1 Å². The van der Waals surface area contributed by atoms with E-state index in [1.807, 2.05) is 30.2 Å². The fourth-order valence-electron chi connectivity index (χ4n) is 3.18. The molecular formula is C16H21N9. The minimum atomic E-state index is 0.592. The molecule has 2 N–H and O–H groups in total. The second-order valence-corrected chi connectivity index (χ2v) is 6.10. The second kappa shape index (κ2) is 6.08. The summed E-state index contributed by atoms with van der Waals surface area (Å²) in [5.41, 5.74) is 9.05. The minimum Gasteiger partial charge on any atom is -0.370 e. The van der Waals surface area contributed by atoms with Gasteiger partial charge in [-0.3, -0.25) is 9.67 Å². The molecule has 25 heavy (non-hydrogen) atoms. The lowest BCUT2D eigenvalue weighted by molar-refractivity contribution is 0.380. The highest BCUT2D eigenvalue weighted by atomic mass is 15.4. The lowest BCUT2D eigenvalue weighted by Crippen LogP contribution is -2.51. The van der Waals surface area contributed by atoms with Gasteiger partial charge in [0.2, 0.25) is 0 Å². The molecule has 9 nitrogen and oxygen atoms in total. The number of rotatable bonds is 2.